The molecule has 2 rings (SSSR count). The van der Waals surface area contributed by atoms with Crippen LogP contribution in [0.1, 0.15) is 19.2 Å². The molecule has 0 aliphatic heterocycles. The van der Waals surface area contributed by atoms with E-state index >= 15 is 0 Å². The van der Waals surface area contributed by atoms with Crippen molar-refractivity contribution in [1.82, 2.24) is 14.6 Å². The smallest absolute Gasteiger partial charge is 0.174 e. The van der Waals surface area contributed by atoms with Gasteiger partial charge in [-0.05, 0) is 18.6 Å². The van der Waals surface area contributed by atoms with Gasteiger partial charge in [-0.2, -0.15) is 5.10 Å². The van der Waals surface area contributed by atoms with E-state index in [1.54, 1.807) is 4.52 Å². The quantitative estimate of drug-likeness (QED) is 0.737. The standard InChI is InChI=1S/C9H10ClN3/c1-2-4-8-11-9-7(10)5-3-6-13(9)12-8/h3,5-6H,2,4H2,1H3. The monoisotopic (exact) mass is 195 g/mol. The topological polar surface area (TPSA) is 30.2 Å². The van der Waals surface area contributed by atoms with E-state index in [4.69, 9.17) is 11.6 Å². The molecule has 3 nitrogen and oxygen atoms in total. The summed E-state index contributed by atoms with van der Waals surface area (Å²) in [7, 11) is 0. The van der Waals surface area contributed by atoms with E-state index < -0.39 is 0 Å². The minimum atomic E-state index is 0.650. The van der Waals surface area contributed by atoms with Crippen molar-refractivity contribution in [2.24, 2.45) is 0 Å². The molecule has 0 saturated carbocycles. The lowest BCUT2D eigenvalue weighted by Gasteiger charge is -1.90. The Labute approximate surface area is 81.4 Å². The molecule has 0 atom stereocenters. The Morgan fingerprint density at radius 1 is 1.54 bits per heavy atom. The second-order valence-corrected chi connectivity index (χ2v) is 3.31. The van der Waals surface area contributed by atoms with Crippen LogP contribution in [0.5, 0.6) is 0 Å². The predicted octanol–water partition coefficient (Wildman–Crippen LogP) is 2.34. The summed E-state index contributed by atoms with van der Waals surface area (Å²) in [4.78, 5) is 4.32. The summed E-state index contributed by atoms with van der Waals surface area (Å²) < 4.78 is 1.72. The Morgan fingerprint density at radius 2 is 2.38 bits per heavy atom. The third-order valence-electron chi connectivity index (χ3n) is 1.83. The molecule has 2 heterocycles. The van der Waals surface area contributed by atoms with Gasteiger partial charge in [0.05, 0.1) is 5.02 Å². The third-order valence-corrected chi connectivity index (χ3v) is 2.13. The summed E-state index contributed by atoms with van der Waals surface area (Å²) in [6.07, 6.45) is 3.81. The van der Waals surface area contributed by atoms with Crippen LogP contribution in [0.4, 0.5) is 0 Å². The number of hydrogen-bond donors (Lipinski definition) is 0. The SMILES string of the molecule is CCCc1nc2c(Cl)cccn2n1. The summed E-state index contributed by atoms with van der Waals surface area (Å²) in [6, 6.07) is 3.68. The van der Waals surface area contributed by atoms with Crippen molar-refractivity contribution in [3.63, 3.8) is 0 Å². The molecule has 13 heavy (non-hydrogen) atoms. The van der Waals surface area contributed by atoms with Crippen LogP contribution < -0.4 is 0 Å². The molecule has 0 aliphatic rings. The number of aryl methyl sites for hydroxylation is 1. The number of pyridine rings is 1. The number of halogens is 1. The van der Waals surface area contributed by atoms with Crippen molar-refractivity contribution in [2.45, 2.75) is 19.8 Å². The maximum absolute atomic E-state index is 5.95. The van der Waals surface area contributed by atoms with Crippen LogP contribution in [-0.2, 0) is 6.42 Å². The van der Waals surface area contributed by atoms with Crippen molar-refractivity contribution in [3.05, 3.63) is 29.2 Å². The van der Waals surface area contributed by atoms with Gasteiger partial charge >= 0.3 is 0 Å². The molecule has 4 heteroatoms. The maximum atomic E-state index is 5.95. The van der Waals surface area contributed by atoms with Gasteiger partial charge in [0, 0.05) is 12.6 Å². The van der Waals surface area contributed by atoms with E-state index in [0.29, 0.717) is 5.02 Å². The van der Waals surface area contributed by atoms with E-state index in [-0.39, 0.29) is 0 Å². The fourth-order valence-corrected chi connectivity index (χ4v) is 1.45. The van der Waals surface area contributed by atoms with E-state index in [9.17, 15) is 0 Å². The molecule has 68 valence electrons. The van der Waals surface area contributed by atoms with Crippen LogP contribution in [0.15, 0.2) is 18.3 Å². The molecule has 2 aromatic rings. The van der Waals surface area contributed by atoms with Crippen molar-refractivity contribution >= 4 is 17.2 Å². The fourth-order valence-electron chi connectivity index (χ4n) is 1.25. The number of fused-ring (bicyclic) bond motifs is 1. The summed E-state index contributed by atoms with van der Waals surface area (Å²) in [5, 5.41) is 4.93. The molecule has 0 saturated heterocycles. The van der Waals surface area contributed by atoms with E-state index in [1.807, 2.05) is 18.3 Å². The average Bonchev–Trinajstić information content (AvgIpc) is 2.49. The zero-order valence-electron chi connectivity index (χ0n) is 7.37. The highest BCUT2D eigenvalue weighted by molar-refractivity contribution is 6.33. The van der Waals surface area contributed by atoms with Gasteiger partial charge in [-0.15, -0.1) is 0 Å². The van der Waals surface area contributed by atoms with Crippen molar-refractivity contribution in [1.29, 1.82) is 0 Å². The number of hydrogen-bond acceptors (Lipinski definition) is 2. The van der Waals surface area contributed by atoms with Crippen molar-refractivity contribution < 1.29 is 0 Å². The molecule has 0 unspecified atom stereocenters. The molecule has 0 bridgehead atoms. The molecule has 2 aromatic heterocycles. The van der Waals surface area contributed by atoms with Gasteiger partial charge in [-0.3, -0.25) is 0 Å². The van der Waals surface area contributed by atoms with Crippen LogP contribution >= 0.6 is 11.6 Å². The van der Waals surface area contributed by atoms with E-state index in [2.05, 4.69) is 17.0 Å². The normalized spacial score (nSPS) is 10.9. The van der Waals surface area contributed by atoms with E-state index in [0.717, 1.165) is 24.3 Å². The Morgan fingerprint density at radius 3 is 3.08 bits per heavy atom. The first-order valence-electron chi connectivity index (χ1n) is 4.31. The highest BCUT2D eigenvalue weighted by Crippen LogP contribution is 2.14. The first kappa shape index (κ1) is 8.51. The molecule has 0 amide bonds. The lowest BCUT2D eigenvalue weighted by molar-refractivity contribution is 0.819. The highest BCUT2D eigenvalue weighted by Gasteiger charge is 2.04. The highest BCUT2D eigenvalue weighted by atomic mass is 35.5. The summed E-state index contributed by atoms with van der Waals surface area (Å²) in [6.45, 7) is 2.10. The Hall–Kier alpha value is -1.09. The van der Waals surface area contributed by atoms with Crippen LogP contribution in [0.3, 0.4) is 0 Å². The molecule has 0 N–H and O–H groups in total. The Balaban J connectivity index is 2.55. The Kier molecular flexibility index (Phi) is 2.19. The summed E-state index contributed by atoms with van der Waals surface area (Å²) in [5.41, 5.74) is 0.743. The van der Waals surface area contributed by atoms with Gasteiger partial charge < -0.3 is 0 Å². The molecule has 0 radical (unpaired) electrons. The molecule has 0 spiro atoms. The molecular formula is C9H10ClN3. The summed E-state index contributed by atoms with van der Waals surface area (Å²) >= 11 is 5.95. The lowest BCUT2D eigenvalue weighted by Crippen LogP contribution is -1.88. The number of rotatable bonds is 2. The van der Waals surface area contributed by atoms with Crippen LogP contribution in [0.25, 0.3) is 5.65 Å². The first-order chi connectivity index (χ1) is 6.31. The van der Waals surface area contributed by atoms with Crippen molar-refractivity contribution in [3.8, 4) is 0 Å². The number of aromatic nitrogens is 3. The van der Waals surface area contributed by atoms with Gasteiger partial charge in [0.2, 0.25) is 0 Å². The minimum Gasteiger partial charge on any atom is -0.219 e. The molecule has 0 fully saturated rings. The molecule has 0 aliphatic carbocycles. The van der Waals surface area contributed by atoms with Crippen LogP contribution in [-0.4, -0.2) is 14.6 Å². The average molecular weight is 196 g/mol. The number of nitrogens with zero attached hydrogens (tertiary/aromatic N) is 3. The fraction of sp³-hybridized carbons (Fsp3) is 0.333. The maximum Gasteiger partial charge on any atom is 0.174 e. The van der Waals surface area contributed by atoms with Gasteiger partial charge in [0.15, 0.2) is 11.5 Å². The first-order valence-corrected chi connectivity index (χ1v) is 4.69. The second-order valence-electron chi connectivity index (χ2n) is 2.90. The van der Waals surface area contributed by atoms with Crippen LogP contribution in [0.2, 0.25) is 5.02 Å². The summed E-state index contributed by atoms with van der Waals surface area (Å²) in [5.74, 6) is 0.857. The van der Waals surface area contributed by atoms with Gasteiger partial charge in [-0.25, -0.2) is 9.50 Å². The van der Waals surface area contributed by atoms with Gasteiger partial charge in [0.1, 0.15) is 0 Å². The zero-order chi connectivity index (χ0) is 9.26. The third kappa shape index (κ3) is 1.52. The second kappa shape index (κ2) is 3.34. The van der Waals surface area contributed by atoms with Crippen molar-refractivity contribution in [2.75, 3.05) is 0 Å². The van der Waals surface area contributed by atoms with E-state index in [1.165, 1.54) is 0 Å². The Bertz CT molecular complexity index is 422. The minimum absolute atomic E-state index is 0.650. The largest absolute Gasteiger partial charge is 0.219 e. The molecule has 0 aromatic carbocycles. The zero-order valence-corrected chi connectivity index (χ0v) is 8.12. The van der Waals surface area contributed by atoms with Crippen LogP contribution in [0, 0.1) is 0 Å². The lowest BCUT2D eigenvalue weighted by atomic mass is 10.3. The van der Waals surface area contributed by atoms with Gasteiger partial charge in [-0.1, -0.05) is 18.5 Å². The van der Waals surface area contributed by atoms with Gasteiger partial charge in [0.25, 0.3) is 0 Å². The molecular weight excluding hydrogens is 186 g/mol. The predicted molar refractivity (Wildman–Crippen MR) is 52.0 cm³/mol.